The normalized spacial score (nSPS) is 18.0. The molecule has 39 heavy (non-hydrogen) atoms. The highest BCUT2D eigenvalue weighted by molar-refractivity contribution is 7.83. The Labute approximate surface area is 231 Å². The van der Waals surface area contributed by atoms with Crippen LogP contribution in [-0.4, -0.2) is 71.7 Å². The van der Waals surface area contributed by atoms with E-state index in [9.17, 15) is 4.21 Å². The van der Waals surface area contributed by atoms with Gasteiger partial charge in [-0.2, -0.15) is 0 Å². The molecule has 0 radical (unpaired) electrons. The molecule has 208 valence electrons. The highest BCUT2D eigenvalue weighted by Gasteiger charge is 2.21. The zero-order chi connectivity index (χ0) is 27.2. The minimum Gasteiger partial charge on any atom is -0.495 e. The molecule has 1 atom stereocenters. The van der Waals surface area contributed by atoms with Gasteiger partial charge in [-0.1, -0.05) is 0 Å². The van der Waals surface area contributed by atoms with Gasteiger partial charge in [0.2, 0.25) is 5.95 Å². The van der Waals surface area contributed by atoms with Crippen molar-refractivity contribution in [2.75, 3.05) is 51.5 Å². The summed E-state index contributed by atoms with van der Waals surface area (Å²) in [6.45, 7) is 3.41. The maximum atomic E-state index is 13.0. The molecule has 3 heterocycles. The lowest BCUT2D eigenvalue weighted by Crippen LogP contribution is -2.41. The first-order chi connectivity index (χ1) is 19.0. The van der Waals surface area contributed by atoms with Crippen LogP contribution in [0.5, 0.6) is 11.5 Å². The second kappa shape index (κ2) is 12.7. The number of likely N-dealkylation sites (tertiary alicyclic amines) is 1. The van der Waals surface area contributed by atoms with Crippen LogP contribution < -0.4 is 25.2 Å². The van der Waals surface area contributed by atoms with Gasteiger partial charge in [-0.3, -0.25) is 0 Å². The van der Waals surface area contributed by atoms with Crippen molar-refractivity contribution >= 4 is 28.3 Å². The predicted molar refractivity (Wildman–Crippen MR) is 153 cm³/mol. The molecule has 0 spiro atoms. The topological polar surface area (TPSA) is 124 Å². The van der Waals surface area contributed by atoms with Gasteiger partial charge in [0.1, 0.15) is 28.6 Å². The fourth-order valence-electron chi connectivity index (χ4n) is 4.74. The Morgan fingerprint density at radius 1 is 1.05 bits per heavy atom. The second-order valence-electron chi connectivity index (χ2n) is 9.90. The van der Waals surface area contributed by atoms with E-state index in [1.165, 1.54) is 0 Å². The highest BCUT2D eigenvalue weighted by atomic mass is 32.2. The highest BCUT2D eigenvalue weighted by Crippen LogP contribution is 2.31. The summed E-state index contributed by atoms with van der Waals surface area (Å²) in [5.74, 6) is 1.63. The van der Waals surface area contributed by atoms with Gasteiger partial charge in [-0.15, -0.1) is 0 Å². The van der Waals surface area contributed by atoms with Crippen LogP contribution in [0.15, 0.2) is 53.6 Å². The Hall–Kier alpha value is -3.25. The first-order valence-electron chi connectivity index (χ1n) is 13.3. The number of benzene rings is 2. The molecule has 3 aromatic rings. The summed E-state index contributed by atoms with van der Waals surface area (Å²) < 4.78 is 33.4. The molecule has 0 bridgehead atoms. The zero-order valence-electron chi connectivity index (χ0n) is 22.4. The second-order valence-corrected chi connectivity index (χ2v) is 11.1. The summed E-state index contributed by atoms with van der Waals surface area (Å²) in [5.41, 5.74) is 9.19. The molecule has 1 aromatic heterocycles. The van der Waals surface area contributed by atoms with E-state index in [0.717, 1.165) is 55.7 Å². The molecule has 4 N–H and O–H groups in total. The molecule has 2 saturated heterocycles. The van der Waals surface area contributed by atoms with Crippen molar-refractivity contribution in [3.63, 3.8) is 0 Å². The summed E-state index contributed by atoms with van der Waals surface area (Å²) in [6.07, 6.45) is 5.47. The number of nitrogens with two attached hydrogens (primary N) is 1. The molecule has 1 unspecified atom stereocenters. The molecule has 2 aromatic carbocycles. The smallest absolute Gasteiger partial charge is 0.227 e. The maximum absolute atomic E-state index is 13.0. The molecule has 0 amide bonds. The minimum absolute atomic E-state index is 0.118. The van der Waals surface area contributed by atoms with Crippen LogP contribution in [-0.2, 0) is 15.7 Å². The number of ether oxygens (including phenoxy) is 3. The van der Waals surface area contributed by atoms with Crippen LogP contribution >= 0.6 is 0 Å². The lowest BCUT2D eigenvalue weighted by atomic mass is 10.1. The number of methoxy groups -OCH3 is 1. The molecule has 0 aliphatic carbocycles. The van der Waals surface area contributed by atoms with Crippen molar-refractivity contribution in [3.05, 3.63) is 48.7 Å². The van der Waals surface area contributed by atoms with Crippen molar-refractivity contribution in [2.24, 2.45) is 0 Å². The first-order valence-corrected chi connectivity index (χ1v) is 14.4. The molecule has 11 heteroatoms. The Morgan fingerprint density at radius 3 is 2.59 bits per heavy atom. The maximum Gasteiger partial charge on any atom is 0.227 e. The van der Waals surface area contributed by atoms with E-state index in [2.05, 4.69) is 32.0 Å². The largest absolute Gasteiger partial charge is 0.495 e. The molecule has 0 saturated carbocycles. The number of nitrogens with one attached hydrogen (secondary N) is 2. The number of anilines is 3. The Balaban J connectivity index is 1.26. The van der Waals surface area contributed by atoms with Crippen molar-refractivity contribution in [1.29, 1.82) is 0 Å². The molecule has 2 aliphatic heterocycles. The van der Waals surface area contributed by atoms with E-state index in [-0.39, 0.29) is 12.1 Å². The van der Waals surface area contributed by atoms with Crippen molar-refractivity contribution in [1.82, 2.24) is 19.6 Å². The Kier molecular flexibility index (Phi) is 8.92. The quantitative estimate of drug-likeness (QED) is 0.341. The van der Waals surface area contributed by atoms with Gasteiger partial charge < -0.3 is 30.2 Å². The van der Waals surface area contributed by atoms with Crippen molar-refractivity contribution in [3.8, 4) is 22.8 Å². The third-order valence-electron chi connectivity index (χ3n) is 7.03. The van der Waals surface area contributed by atoms with Crippen LogP contribution in [0.1, 0.15) is 25.7 Å². The van der Waals surface area contributed by atoms with Gasteiger partial charge in [-0.25, -0.2) is 18.9 Å². The van der Waals surface area contributed by atoms with Gasteiger partial charge in [-0.05, 0) is 69.4 Å². The summed E-state index contributed by atoms with van der Waals surface area (Å²) in [7, 11) is 2.31. The third kappa shape index (κ3) is 7.04. The average Bonchev–Trinajstić information content (AvgIpc) is 2.96. The number of rotatable bonds is 9. The number of nitrogens with zero attached hydrogens (tertiary/aromatic N) is 3. The number of aromatic nitrogens is 2. The van der Waals surface area contributed by atoms with Gasteiger partial charge in [0.05, 0.1) is 36.6 Å². The van der Waals surface area contributed by atoms with Gasteiger partial charge in [0.25, 0.3) is 0 Å². The summed E-state index contributed by atoms with van der Waals surface area (Å²) in [5, 5.41) is 3.23. The summed E-state index contributed by atoms with van der Waals surface area (Å²) >= 11 is 0. The number of piperidine rings is 1. The summed E-state index contributed by atoms with van der Waals surface area (Å²) in [6, 6.07) is 13.2. The van der Waals surface area contributed by atoms with E-state index in [0.29, 0.717) is 41.2 Å². The lowest BCUT2D eigenvalue weighted by Gasteiger charge is -2.29. The molecule has 10 nitrogen and oxygen atoms in total. The standard InChI is InChI=1S/C28H36N6O4S/c1-34-13-8-20(9-14-34)33-39(35)27-6-4-21(18-26(27)36-2)31-28-30-12-7-24(32-28)19-3-5-25(23(29)17-19)38-22-10-15-37-16-11-22/h3-7,12,17-18,20,22,33H,8-11,13-16,29H2,1-2H3,(H,30,31,32). The van der Waals surface area contributed by atoms with E-state index in [1.54, 1.807) is 25.4 Å². The molecule has 2 fully saturated rings. The number of hydrogen-bond donors (Lipinski definition) is 3. The lowest BCUT2D eigenvalue weighted by molar-refractivity contribution is 0.0259. The van der Waals surface area contributed by atoms with Gasteiger partial charge in [0.15, 0.2) is 0 Å². The molecular weight excluding hydrogens is 516 g/mol. The fraction of sp³-hybridized carbons (Fsp3) is 0.429. The first kappa shape index (κ1) is 27.3. The van der Waals surface area contributed by atoms with E-state index >= 15 is 0 Å². The molecule has 2 aliphatic rings. The number of nitrogen functional groups attached to an aromatic ring is 1. The summed E-state index contributed by atoms with van der Waals surface area (Å²) in [4.78, 5) is 11.9. The Morgan fingerprint density at radius 2 is 1.85 bits per heavy atom. The van der Waals surface area contributed by atoms with Crippen LogP contribution in [0.3, 0.4) is 0 Å². The van der Waals surface area contributed by atoms with E-state index < -0.39 is 11.0 Å². The predicted octanol–water partition coefficient (Wildman–Crippen LogP) is 3.74. The monoisotopic (exact) mass is 552 g/mol. The van der Waals surface area contributed by atoms with Crippen LogP contribution in [0.2, 0.25) is 0 Å². The fourth-order valence-corrected chi connectivity index (χ4v) is 5.92. The molecule has 5 rings (SSSR count). The van der Waals surface area contributed by atoms with Crippen molar-refractivity contribution in [2.45, 2.75) is 42.7 Å². The van der Waals surface area contributed by atoms with E-state index in [1.807, 2.05) is 30.3 Å². The van der Waals surface area contributed by atoms with Crippen LogP contribution in [0.25, 0.3) is 11.3 Å². The van der Waals surface area contributed by atoms with Gasteiger partial charge >= 0.3 is 0 Å². The molecular formula is C28H36N6O4S. The van der Waals surface area contributed by atoms with Crippen LogP contribution in [0.4, 0.5) is 17.3 Å². The van der Waals surface area contributed by atoms with Crippen LogP contribution in [0, 0.1) is 0 Å². The SMILES string of the molecule is COc1cc(Nc2nccc(-c3ccc(OC4CCOCC4)c(N)c3)n2)ccc1S(=O)NC1CCN(C)CC1. The van der Waals surface area contributed by atoms with Crippen molar-refractivity contribution < 1.29 is 18.4 Å². The number of hydrogen-bond acceptors (Lipinski definition) is 9. The Bertz CT molecular complexity index is 1290. The average molecular weight is 553 g/mol. The minimum atomic E-state index is -1.37. The zero-order valence-corrected chi connectivity index (χ0v) is 23.2. The third-order valence-corrected chi connectivity index (χ3v) is 8.32. The van der Waals surface area contributed by atoms with E-state index in [4.69, 9.17) is 19.9 Å². The van der Waals surface area contributed by atoms with Gasteiger partial charge in [0, 0.05) is 42.4 Å².